The van der Waals surface area contributed by atoms with Crippen LogP contribution < -0.4 is 15.0 Å². The Kier molecular flexibility index (Phi) is 7.25. The molecule has 0 aliphatic carbocycles. The van der Waals surface area contributed by atoms with Gasteiger partial charge in [-0.1, -0.05) is 0 Å². The van der Waals surface area contributed by atoms with Crippen molar-refractivity contribution in [2.75, 3.05) is 44.7 Å². The average molecular weight is 533 g/mol. The zero-order chi connectivity index (χ0) is 27.7. The van der Waals surface area contributed by atoms with Crippen LogP contribution in [0.15, 0.2) is 48.5 Å². The van der Waals surface area contributed by atoms with Gasteiger partial charge in [-0.3, -0.25) is 4.79 Å². The van der Waals surface area contributed by atoms with E-state index in [1.165, 1.54) is 4.90 Å². The Morgan fingerprint density at radius 3 is 2.64 bits per heavy atom. The largest absolute Gasteiger partial charge is 0.508 e. The smallest absolute Gasteiger partial charge is 0.410 e. The van der Waals surface area contributed by atoms with Crippen molar-refractivity contribution in [3.8, 4) is 22.8 Å². The molecule has 2 fully saturated rings. The van der Waals surface area contributed by atoms with Gasteiger partial charge < -0.3 is 29.7 Å². The zero-order valence-electron chi connectivity index (χ0n) is 22.9. The molecule has 1 aromatic heterocycles. The van der Waals surface area contributed by atoms with Crippen molar-refractivity contribution in [3.63, 3.8) is 0 Å². The van der Waals surface area contributed by atoms with E-state index in [4.69, 9.17) is 14.5 Å². The Hall–Kier alpha value is -4.01. The average Bonchev–Trinajstić information content (AvgIpc) is 3.33. The summed E-state index contributed by atoms with van der Waals surface area (Å²) in [6.45, 7) is 8.45. The highest BCUT2D eigenvalue weighted by molar-refractivity contribution is 5.95. The van der Waals surface area contributed by atoms with Crippen molar-refractivity contribution >= 4 is 28.6 Å². The molecule has 3 heterocycles. The molecule has 3 aromatic rings. The minimum absolute atomic E-state index is 0.00618. The van der Waals surface area contributed by atoms with Crippen LogP contribution >= 0.6 is 0 Å². The number of anilines is 1. The molecule has 2 saturated heterocycles. The summed E-state index contributed by atoms with van der Waals surface area (Å²) in [4.78, 5) is 33.2. The molecule has 9 heteroatoms. The molecule has 0 saturated carbocycles. The van der Waals surface area contributed by atoms with Crippen molar-refractivity contribution in [1.29, 1.82) is 0 Å². The van der Waals surface area contributed by atoms with Gasteiger partial charge in [0.15, 0.2) is 0 Å². The second-order valence-corrected chi connectivity index (χ2v) is 11.4. The highest BCUT2D eigenvalue weighted by Crippen LogP contribution is 2.38. The number of phenolic OH excluding ortho intramolecular Hbond substituents is 1. The fourth-order valence-electron chi connectivity index (χ4n) is 5.23. The molecule has 2 aliphatic rings. The van der Waals surface area contributed by atoms with Crippen molar-refractivity contribution in [1.82, 2.24) is 15.2 Å². The lowest BCUT2D eigenvalue weighted by Gasteiger charge is -2.24. The monoisotopic (exact) mass is 532 g/mol. The zero-order valence-corrected chi connectivity index (χ0v) is 22.9. The van der Waals surface area contributed by atoms with Gasteiger partial charge in [0.25, 0.3) is 0 Å². The number of pyridine rings is 1. The first-order valence-electron chi connectivity index (χ1n) is 13.4. The van der Waals surface area contributed by atoms with Gasteiger partial charge in [-0.25, -0.2) is 9.78 Å². The summed E-state index contributed by atoms with van der Waals surface area (Å²) in [5.41, 5.74) is 2.86. The van der Waals surface area contributed by atoms with Crippen LogP contribution in [0, 0.1) is 11.8 Å². The molecular formula is C30H36N4O5. The van der Waals surface area contributed by atoms with Gasteiger partial charge in [-0.05, 0) is 75.6 Å². The topological polar surface area (TPSA) is 104 Å². The third-order valence-corrected chi connectivity index (χ3v) is 7.26. The lowest BCUT2D eigenvalue weighted by Crippen LogP contribution is -2.41. The Bertz CT molecular complexity index is 1370. The number of hydrogen-bond acceptors (Lipinski definition) is 7. The third kappa shape index (κ3) is 6.02. The molecule has 2 aliphatic heterocycles. The molecule has 2 aromatic carbocycles. The van der Waals surface area contributed by atoms with Crippen LogP contribution in [-0.4, -0.2) is 72.4 Å². The maximum absolute atomic E-state index is 12.5. The summed E-state index contributed by atoms with van der Waals surface area (Å²) in [6.07, 6.45) is 0.599. The molecule has 2 amide bonds. The number of ether oxygens (including phenoxy) is 2. The van der Waals surface area contributed by atoms with Crippen LogP contribution in [0.5, 0.6) is 11.5 Å². The van der Waals surface area contributed by atoms with E-state index < -0.39 is 5.60 Å². The molecule has 5 rings (SSSR count). The molecule has 2 atom stereocenters. The number of benzene rings is 2. The normalized spacial score (nSPS) is 19.0. The van der Waals surface area contributed by atoms with Gasteiger partial charge in [0.05, 0.1) is 23.7 Å². The van der Waals surface area contributed by atoms with E-state index >= 15 is 0 Å². The summed E-state index contributed by atoms with van der Waals surface area (Å²) < 4.78 is 11.2. The second-order valence-electron chi connectivity index (χ2n) is 11.4. The predicted octanol–water partition coefficient (Wildman–Crippen LogP) is 4.43. The number of carbonyl (C=O) groups is 2. The summed E-state index contributed by atoms with van der Waals surface area (Å²) in [5, 5.41) is 14.1. The molecular weight excluding hydrogens is 496 g/mol. The number of aromatic hydroxyl groups is 1. The second kappa shape index (κ2) is 10.6. The molecule has 2 N–H and O–H groups in total. The van der Waals surface area contributed by atoms with E-state index in [1.807, 2.05) is 51.1 Å². The molecule has 0 radical (unpaired) electrons. The van der Waals surface area contributed by atoms with Gasteiger partial charge in [0.1, 0.15) is 23.7 Å². The summed E-state index contributed by atoms with van der Waals surface area (Å²) >= 11 is 0. The third-order valence-electron chi connectivity index (χ3n) is 7.26. The number of phenols is 1. The fraction of sp³-hybridized carbons (Fsp3) is 0.433. The number of piperidine rings is 1. The number of aromatic nitrogens is 1. The Morgan fingerprint density at radius 2 is 1.92 bits per heavy atom. The Balaban J connectivity index is 1.32. The van der Waals surface area contributed by atoms with Crippen LogP contribution in [0.4, 0.5) is 10.5 Å². The number of nitrogens with one attached hydrogen (secondary N) is 1. The van der Waals surface area contributed by atoms with E-state index in [2.05, 4.69) is 16.3 Å². The predicted molar refractivity (Wildman–Crippen MR) is 150 cm³/mol. The standard InChI is InChI=1S/C30H36N4O5/c1-30(2,3)39-29(37)33(4)13-14-38-22-8-5-19(6-9-22)25-16-27(23-10-7-21(35)15-26(23)32-25)34-17-20-11-12-31-28(36)24(20)18-34/h5-10,15-16,20,24,35H,11-14,17-18H2,1-4H3,(H,31,36). The number of amides is 2. The van der Waals surface area contributed by atoms with E-state index in [1.54, 1.807) is 19.2 Å². The Morgan fingerprint density at radius 1 is 1.15 bits per heavy atom. The van der Waals surface area contributed by atoms with Gasteiger partial charge >= 0.3 is 6.09 Å². The SMILES string of the molecule is CN(CCOc1ccc(-c2cc(N3CC4CCNC(=O)C4C3)c3ccc(O)cc3n2)cc1)C(=O)OC(C)(C)C. The summed E-state index contributed by atoms with van der Waals surface area (Å²) in [5.74, 6) is 1.32. The fourth-order valence-corrected chi connectivity index (χ4v) is 5.23. The molecule has 39 heavy (non-hydrogen) atoms. The maximum Gasteiger partial charge on any atom is 0.410 e. The van der Waals surface area contributed by atoms with Crippen LogP contribution in [0.25, 0.3) is 22.2 Å². The molecule has 0 spiro atoms. The van der Waals surface area contributed by atoms with Gasteiger partial charge in [0.2, 0.25) is 5.91 Å². The number of nitrogens with zero attached hydrogens (tertiary/aromatic N) is 3. The summed E-state index contributed by atoms with van der Waals surface area (Å²) in [7, 11) is 1.68. The lowest BCUT2D eigenvalue weighted by atomic mass is 9.89. The quantitative estimate of drug-likeness (QED) is 0.484. The van der Waals surface area contributed by atoms with Crippen LogP contribution in [0.2, 0.25) is 0 Å². The van der Waals surface area contributed by atoms with Gasteiger partial charge in [0, 0.05) is 49.4 Å². The number of likely N-dealkylation sites (N-methyl/N-ethyl adjacent to an activating group) is 1. The highest BCUT2D eigenvalue weighted by atomic mass is 16.6. The number of hydrogen-bond donors (Lipinski definition) is 2. The minimum atomic E-state index is -0.543. The molecule has 206 valence electrons. The summed E-state index contributed by atoms with van der Waals surface area (Å²) in [6, 6.07) is 15.0. The van der Waals surface area contributed by atoms with Crippen molar-refractivity contribution in [2.45, 2.75) is 32.8 Å². The molecule has 9 nitrogen and oxygen atoms in total. The van der Waals surface area contributed by atoms with Crippen LogP contribution in [0.3, 0.4) is 0 Å². The number of fused-ring (bicyclic) bond motifs is 2. The molecule has 0 bridgehead atoms. The minimum Gasteiger partial charge on any atom is -0.508 e. The maximum atomic E-state index is 12.5. The lowest BCUT2D eigenvalue weighted by molar-refractivity contribution is -0.127. The van der Waals surface area contributed by atoms with E-state index in [0.29, 0.717) is 36.9 Å². The van der Waals surface area contributed by atoms with Crippen molar-refractivity contribution < 1.29 is 24.2 Å². The molecule has 2 unspecified atom stereocenters. The van der Waals surface area contributed by atoms with Crippen molar-refractivity contribution in [3.05, 3.63) is 48.5 Å². The number of rotatable bonds is 6. The Labute approximate surface area is 228 Å². The van der Waals surface area contributed by atoms with Gasteiger partial charge in [-0.15, -0.1) is 0 Å². The first-order chi connectivity index (χ1) is 18.6. The van der Waals surface area contributed by atoms with E-state index in [0.717, 1.165) is 41.8 Å². The van der Waals surface area contributed by atoms with E-state index in [9.17, 15) is 14.7 Å². The number of carbonyl (C=O) groups excluding carboxylic acids is 2. The van der Waals surface area contributed by atoms with E-state index in [-0.39, 0.29) is 23.7 Å². The highest BCUT2D eigenvalue weighted by Gasteiger charge is 2.40. The van der Waals surface area contributed by atoms with Crippen molar-refractivity contribution in [2.24, 2.45) is 11.8 Å². The van der Waals surface area contributed by atoms with Gasteiger partial charge in [-0.2, -0.15) is 0 Å². The van der Waals surface area contributed by atoms with Crippen LogP contribution in [-0.2, 0) is 9.53 Å². The first-order valence-corrected chi connectivity index (χ1v) is 13.4. The van der Waals surface area contributed by atoms with Crippen LogP contribution in [0.1, 0.15) is 27.2 Å². The first kappa shape index (κ1) is 26.6.